The van der Waals surface area contributed by atoms with Crippen LogP contribution in [0.25, 0.3) is 0 Å². The summed E-state index contributed by atoms with van der Waals surface area (Å²) in [5.41, 5.74) is 0.902. The van der Waals surface area contributed by atoms with E-state index in [1.54, 1.807) is 6.20 Å². The van der Waals surface area contributed by atoms with Crippen LogP contribution in [-0.4, -0.2) is 37.6 Å². The third kappa shape index (κ3) is 3.93. The van der Waals surface area contributed by atoms with Gasteiger partial charge < -0.3 is 10.2 Å². The SMILES string of the molecule is CNC(CCN(C)C)c1cncc(F)c1. The van der Waals surface area contributed by atoms with Crippen molar-refractivity contribution in [1.29, 1.82) is 0 Å². The maximum atomic E-state index is 13.0. The molecule has 15 heavy (non-hydrogen) atoms. The van der Waals surface area contributed by atoms with Gasteiger partial charge >= 0.3 is 0 Å². The van der Waals surface area contributed by atoms with Gasteiger partial charge in [0.05, 0.1) is 6.20 Å². The summed E-state index contributed by atoms with van der Waals surface area (Å²) in [4.78, 5) is 5.96. The molecule has 3 nitrogen and oxygen atoms in total. The predicted molar refractivity (Wildman–Crippen MR) is 59.2 cm³/mol. The van der Waals surface area contributed by atoms with E-state index in [1.807, 2.05) is 21.1 Å². The summed E-state index contributed by atoms with van der Waals surface area (Å²) in [6, 6.07) is 1.69. The molecule has 1 aromatic heterocycles. The zero-order valence-corrected chi connectivity index (χ0v) is 9.50. The molecule has 1 aromatic rings. The van der Waals surface area contributed by atoms with Crippen LogP contribution in [-0.2, 0) is 0 Å². The third-order valence-electron chi connectivity index (χ3n) is 2.34. The summed E-state index contributed by atoms with van der Waals surface area (Å²) in [6.45, 7) is 0.960. The highest BCUT2D eigenvalue weighted by Crippen LogP contribution is 2.16. The first kappa shape index (κ1) is 12.1. The highest BCUT2D eigenvalue weighted by molar-refractivity contribution is 5.14. The standard InChI is InChI=1S/C11H18FN3/c1-13-11(4-5-15(2)3)9-6-10(12)8-14-7-9/h6-8,11,13H,4-5H2,1-3H3. The van der Waals surface area contributed by atoms with E-state index in [0.29, 0.717) is 0 Å². The van der Waals surface area contributed by atoms with Gasteiger partial charge in [0.1, 0.15) is 5.82 Å². The Hall–Kier alpha value is -1.00. The second kappa shape index (κ2) is 5.78. The van der Waals surface area contributed by atoms with Crippen LogP contribution in [0.15, 0.2) is 18.5 Å². The lowest BCUT2D eigenvalue weighted by molar-refractivity contribution is 0.368. The first-order chi connectivity index (χ1) is 7.13. The van der Waals surface area contributed by atoms with E-state index in [2.05, 4.69) is 15.2 Å². The summed E-state index contributed by atoms with van der Waals surface area (Å²) in [6.07, 6.45) is 3.87. The molecule has 0 amide bonds. The lowest BCUT2D eigenvalue weighted by atomic mass is 10.1. The van der Waals surface area contributed by atoms with E-state index in [-0.39, 0.29) is 11.9 Å². The molecule has 0 spiro atoms. The molecule has 0 aliphatic heterocycles. The molecule has 1 N–H and O–H groups in total. The van der Waals surface area contributed by atoms with Crippen LogP contribution in [0.5, 0.6) is 0 Å². The summed E-state index contributed by atoms with van der Waals surface area (Å²) in [7, 11) is 5.93. The Morgan fingerprint density at radius 1 is 1.47 bits per heavy atom. The van der Waals surface area contributed by atoms with Crippen molar-refractivity contribution in [3.8, 4) is 0 Å². The number of halogens is 1. The molecule has 1 rings (SSSR count). The normalized spacial score (nSPS) is 13.1. The van der Waals surface area contributed by atoms with Crippen LogP contribution in [0.3, 0.4) is 0 Å². The van der Waals surface area contributed by atoms with E-state index in [1.165, 1.54) is 12.3 Å². The Morgan fingerprint density at radius 3 is 2.73 bits per heavy atom. The van der Waals surface area contributed by atoms with E-state index in [0.717, 1.165) is 18.5 Å². The lowest BCUT2D eigenvalue weighted by Crippen LogP contribution is -2.23. The molecule has 0 radical (unpaired) electrons. The minimum Gasteiger partial charge on any atom is -0.313 e. The summed E-state index contributed by atoms with van der Waals surface area (Å²) < 4.78 is 13.0. The lowest BCUT2D eigenvalue weighted by Gasteiger charge is -2.18. The van der Waals surface area contributed by atoms with Crippen LogP contribution in [0.4, 0.5) is 4.39 Å². The fourth-order valence-corrected chi connectivity index (χ4v) is 1.48. The van der Waals surface area contributed by atoms with Crippen LogP contribution >= 0.6 is 0 Å². The van der Waals surface area contributed by atoms with Crippen molar-refractivity contribution >= 4 is 0 Å². The van der Waals surface area contributed by atoms with Crippen LogP contribution in [0.2, 0.25) is 0 Å². The van der Waals surface area contributed by atoms with Gasteiger partial charge in [0.2, 0.25) is 0 Å². The fourth-order valence-electron chi connectivity index (χ4n) is 1.48. The minimum atomic E-state index is -0.280. The van der Waals surface area contributed by atoms with Gasteiger partial charge in [0.15, 0.2) is 0 Å². The topological polar surface area (TPSA) is 28.2 Å². The van der Waals surface area contributed by atoms with Crippen molar-refractivity contribution in [2.24, 2.45) is 0 Å². The smallest absolute Gasteiger partial charge is 0.141 e. The molecule has 0 saturated heterocycles. The Morgan fingerprint density at radius 2 is 2.20 bits per heavy atom. The van der Waals surface area contributed by atoms with Crippen molar-refractivity contribution in [1.82, 2.24) is 15.2 Å². The Labute approximate surface area is 90.3 Å². The molecule has 84 valence electrons. The molecular formula is C11H18FN3. The van der Waals surface area contributed by atoms with Crippen molar-refractivity contribution in [3.05, 3.63) is 29.8 Å². The molecule has 1 atom stereocenters. The molecule has 0 fully saturated rings. The first-order valence-corrected chi connectivity index (χ1v) is 5.06. The molecule has 4 heteroatoms. The Kier molecular flexibility index (Phi) is 4.65. The van der Waals surface area contributed by atoms with Gasteiger partial charge in [-0.2, -0.15) is 0 Å². The number of aromatic nitrogens is 1. The Balaban J connectivity index is 2.65. The molecular weight excluding hydrogens is 193 g/mol. The van der Waals surface area contributed by atoms with E-state index in [4.69, 9.17) is 0 Å². The van der Waals surface area contributed by atoms with Gasteiger partial charge in [-0.1, -0.05) is 0 Å². The van der Waals surface area contributed by atoms with Crippen molar-refractivity contribution in [2.45, 2.75) is 12.5 Å². The van der Waals surface area contributed by atoms with Gasteiger partial charge in [0, 0.05) is 12.2 Å². The van der Waals surface area contributed by atoms with Gasteiger partial charge in [-0.25, -0.2) is 4.39 Å². The largest absolute Gasteiger partial charge is 0.313 e. The van der Waals surface area contributed by atoms with Gasteiger partial charge in [-0.3, -0.25) is 4.98 Å². The number of hydrogen-bond donors (Lipinski definition) is 1. The average Bonchev–Trinajstić information content (AvgIpc) is 2.18. The number of rotatable bonds is 5. The molecule has 0 aromatic carbocycles. The average molecular weight is 211 g/mol. The minimum absolute atomic E-state index is 0.163. The van der Waals surface area contributed by atoms with Crippen LogP contribution in [0, 0.1) is 5.82 Å². The summed E-state index contributed by atoms with van der Waals surface area (Å²) in [5.74, 6) is -0.280. The van der Waals surface area contributed by atoms with Crippen LogP contribution in [0.1, 0.15) is 18.0 Å². The van der Waals surface area contributed by atoms with E-state index in [9.17, 15) is 4.39 Å². The van der Waals surface area contributed by atoms with Crippen molar-refractivity contribution in [2.75, 3.05) is 27.7 Å². The second-order valence-corrected chi connectivity index (χ2v) is 3.87. The maximum Gasteiger partial charge on any atom is 0.141 e. The zero-order chi connectivity index (χ0) is 11.3. The first-order valence-electron chi connectivity index (χ1n) is 5.06. The summed E-state index contributed by atoms with van der Waals surface area (Å²) >= 11 is 0. The monoisotopic (exact) mass is 211 g/mol. The van der Waals surface area contributed by atoms with E-state index < -0.39 is 0 Å². The summed E-state index contributed by atoms with van der Waals surface area (Å²) in [5, 5.41) is 3.17. The molecule has 0 aliphatic carbocycles. The van der Waals surface area contributed by atoms with Crippen molar-refractivity contribution < 1.29 is 4.39 Å². The molecule has 0 saturated carbocycles. The highest BCUT2D eigenvalue weighted by Gasteiger charge is 2.10. The number of nitrogens with zero attached hydrogens (tertiary/aromatic N) is 2. The number of pyridine rings is 1. The molecule has 1 unspecified atom stereocenters. The molecule has 0 aliphatic rings. The highest BCUT2D eigenvalue weighted by atomic mass is 19.1. The van der Waals surface area contributed by atoms with E-state index >= 15 is 0 Å². The van der Waals surface area contributed by atoms with Crippen LogP contribution < -0.4 is 5.32 Å². The zero-order valence-electron chi connectivity index (χ0n) is 9.50. The van der Waals surface area contributed by atoms with Gasteiger partial charge in [0.25, 0.3) is 0 Å². The Bertz CT molecular complexity index is 302. The maximum absolute atomic E-state index is 13.0. The number of hydrogen-bond acceptors (Lipinski definition) is 3. The fraction of sp³-hybridized carbons (Fsp3) is 0.545. The van der Waals surface area contributed by atoms with Crippen molar-refractivity contribution in [3.63, 3.8) is 0 Å². The second-order valence-electron chi connectivity index (χ2n) is 3.87. The van der Waals surface area contributed by atoms with Gasteiger partial charge in [-0.15, -0.1) is 0 Å². The number of nitrogens with one attached hydrogen (secondary N) is 1. The predicted octanol–water partition coefficient (Wildman–Crippen LogP) is 1.43. The third-order valence-corrected chi connectivity index (χ3v) is 2.34. The quantitative estimate of drug-likeness (QED) is 0.798. The van der Waals surface area contributed by atoms with Gasteiger partial charge in [-0.05, 0) is 45.7 Å². The molecule has 0 bridgehead atoms. The molecule has 1 heterocycles.